The number of hydrogen-bond acceptors (Lipinski definition) is 4. The van der Waals surface area contributed by atoms with Crippen LogP contribution < -0.4 is 9.64 Å². The van der Waals surface area contributed by atoms with Gasteiger partial charge in [0.2, 0.25) is 0 Å². The number of anilines is 1. The van der Waals surface area contributed by atoms with Gasteiger partial charge in [0.1, 0.15) is 11.9 Å². The molecular weight excluding hydrogens is 388 g/mol. The Morgan fingerprint density at radius 1 is 1.03 bits per heavy atom. The first-order valence-electron chi connectivity index (χ1n) is 12.6. The van der Waals surface area contributed by atoms with Gasteiger partial charge < -0.3 is 9.47 Å². The number of amides is 1. The molecule has 5 nitrogen and oxygen atoms in total. The Morgan fingerprint density at radius 2 is 1.77 bits per heavy atom. The lowest BCUT2D eigenvalue weighted by Crippen LogP contribution is -2.40. The normalized spacial score (nSPS) is 15.5. The van der Waals surface area contributed by atoms with Crippen molar-refractivity contribution in [3.63, 3.8) is 0 Å². The average molecular weight is 433 g/mol. The molecule has 1 fully saturated rings. The van der Waals surface area contributed by atoms with Crippen LogP contribution in [-0.4, -0.2) is 49.9 Å². The molecule has 176 valence electrons. The third-order valence-electron chi connectivity index (χ3n) is 5.87. The van der Waals surface area contributed by atoms with Crippen LogP contribution in [0.1, 0.15) is 85.0 Å². The van der Waals surface area contributed by atoms with Gasteiger partial charge >= 0.3 is 6.09 Å². The SMILES string of the molecule is CCCCCCN(C(=O)OC(C)CN1CCCCC1)c1cccc(OCCCCC)c1. The number of nitrogens with zero attached hydrogens (tertiary/aromatic N) is 2. The number of carbonyl (C=O) groups is 1. The molecule has 1 aliphatic heterocycles. The third kappa shape index (κ3) is 9.94. The molecule has 1 unspecified atom stereocenters. The fourth-order valence-corrected chi connectivity index (χ4v) is 4.08. The molecule has 1 aromatic rings. The van der Waals surface area contributed by atoms with Crippen LogP contribution in [0.5, 0.6) is 5.75 Å². The van der Waals surface area contributed by atoms with Crippen LogP contribution >= 0.6 is 0 Å². The standard InChI is InChI=1S/C26H44N2O3/c1-4-6-8-12-19-28(24-15-14-16-25(21-24)30-20-13-7-5-2)26(29)31-23(3)22-27-17-10-9-11-18-27/h14-16,21,23H,4-13,17-20,22H2,1-3H3. The molecular formula is C26H44N2O3. The number of hydrogen-bond donors (Lipinski definition) is 0. The largest absolute Gasteiger partial charge is 0.494 e. The van der Waals surface area contributed by atoms with Gasteiger partial charge in [-0.1, -0.05) is 58.4 Å². The van der Waals surface area contributed by atoms with Crippen LogP contribution in [0, 0.1) is 0 Å². The fraction of sp³-hybridized carbons (Fsp3) is 0.731. The molecule has 0 aromatic heterocycles. The van der Waals surface area contributed by atoms with Crippen molar-refractivity contribution in [2.75, 3.05) is 37.7 Å². The summed E-state index contributed by atoms with van der Waals surface area (Å²) in [4.78, 5) is 17.3. The van der Waals surface area contributed by atoms with Crippen LogP contribution in [0.2, 0.25) is 0 Å². The maximum absolute atomic E-state index is 13.1. The lowest BCUT2D eigenvalue weighted by Gasteiger charge is -2.30. The van der Waals surface area contributed by atoms with Gasteiger partial charge in [0, 0.05) is 19.2 Å². The van der Waals surface area contributed by atoms with Gasteiger partial charge in [-0.05, 0) is 57.8 Å². The molecule has 1 heterocycles. The second-order valence-electron chi connectivity index (χ2n) is 8.82. The maximum Gasteiger partial charge on any atom is 0.414 e. The molecule has 0 bridgehead atoms. The van der Waals surface area contributed by atoms with Crippen LogP contribution in [-0.2, 0) is 4.74 Å². The first kappa shape index (κ1) is 25.5. The van der Waals surface area contributed by atoms with E-state index >= 15 is 0 Å². The summed E-state index contributed by atoms with van der Waals surface area (Å²) in [5.74, 6) is 0.821. The minimum atomic E-state index is -0.246. The molecule has 0 radical (unpaired) electrons. The summed E-state index contributed by atoms with van der Waals surface area (Å²) in [6.07, 6.45) is 11.3. The Hall–Kier alpha value is -1.75. The van der Waals surface area contributed by atoms with Crippen molar-refractivity contribution < 1.29 is 14.3 Å². The molecule has 5 heteroatoms. The topological polar surface area (TPSA) is 42.0 Å². The molecule has 31 heavy (non-hydrogen) atoms. The monoisotopic (exact) mass is 432 g/mol. The number of piperidine rings is 1. The van der Waals surface area contributed by atoms with Crippen molar-refractivity contribution in [3.8, 4) is 5.75 Å². The van der Waals surface area contributed by atoms with E-state index in [1.54, 1.807) is 4.90 Å². The van der Waals surface area contributed by atoms with Crippen LogP contribution in [0.25, 0.3) is 0 Å². The van der Waals surface area contributed by atoms with Crippen molar-refractivity contribution in [3.05, 3.63) is 24.3 Å². The van der Waals surface area contributed by atoms with Gasteiger partial charge in [-0.3, -0.25) is 9.80 Å². The Balaban J connectivity index is 1.98. The summed E-state index contributed by atoms with van der Waals surface area (Å²) >= 11 is 0. The highest BCUT2D eigenvalue weighted by molar-refractivity contribution is 5.88. The summed E-state index contributed by atoms with van der Waals surface area (Å²) in [5, 5.41) is 0. The predicted molar refractivity (Wildman–Crippen MR) is 129 cm³/mol. The number of carbonyl (C=O) groups excluding carboxylic acids is 1. The van der Waals surface area contributed by atoms with Crippen molar-refractivity contribution in [1.82, 2.24) is 4.90 Å². The Bertz CT molecular complexity index is 616. The second-order valence-corrected chi connectivity index (χ2v) is 8.82. The van der Waals surface area contributed by atoms with E-state index in [1.165, 1.54) is 44.9 Å². The Kier molecular flexibility index (Phi) is 12.4. The number of likely N-dealkylation sites (tertiary alicyclic amines) is 1. The molecule has 0 N–H and O–H groups in total. The maximum atomic E-state index is 13.1. The van der Waals surface area contributed by atoms with Gasteiger partial charge in [-0.25, -0.2) is 4.79 Å². The van der Waals surface area contributed by atoms with Crippen molar-refractivity contribution in [1.29, 1.82) is 0 Å². The van der Waals surface area contributed by atoms with E-state index in [0.717, 1.165) is 50.3 Å². The van der Waals surface area contributed by atoms with E-state index in [1.807, 2.05) is 31.2 Å². The molecule has 1 aromatic carbocycles. The molecule has 1 atom stereocenters. The molecule has 1 saturated heterocycles. The third-order valence-corrected chi connectivity index (χ3v) is 5.87. The lowest BCUT2D eigenvalue weighted by atomic mass is 10.1. The number of ether oxygens (including phenoxy) is 2. The number of rotatable bonds is 14. The number of benzene rings is 1. The zero-order valence-corrected chi connectivity index (χ0v) is 20.1. The summed E-state index contributed by atoms with van der Waals surface area (Å²) in [7, 11) is 0. The predicted octanol–water partition coefficient (Wildman–Crippen LogP) is 6.65. The fourth-order valence-electron chi connectivity index (χ4n) is 4.08. The Morgan fingerprint density at radius 3 is 2.52 bits per heavy atom. The van der Waals surface area contributed by atoms with Crippen LogP contribution in [0.15, 0.2) is 24.3 Å². The molecule has 1 aliphatic rings. The van der Waals surface area contributed by atoms with E-state index in [-0.39, 0.29) is 12.2 Å². The zero-order chi connectivity index (χ0) is 22.3. The highest BCUT2D eigenvalue weighted by Crippen LogP contribution is 2.23. The summed E-state index contributed by atoms with van der Waals surface area (Å²) in [5.41, 5.74) is 0.861. The van der Waals surface area contributed by atoms with Crippen molar-refractivity contribution in [2.24, 2.45) is 0 Å². The van der Waals surface area contributed by atoms with Gasteiger partial charge in [0.15, 0.2) is 0 Å². The lowest BCUT2D eigenvalue weighted by molar-refractivity contribution is 0.0785. The molecule has 0 saturated carbocycles. The minimum Gasteiger partial charge on any atom is -0.494 e. The van der Waals surface area contributed by atoms with Crippen molar-refractivity contribution >= 4 is 11.8 Å². The van der Waals surface area contributed by atoms with E-state index in [2.05, 4.69) is 18.7 Å². The smallest absolute Gasteiger partial charge is 0.414 e. The van der Waals surface area contributed by atoms with E-state index in [0.29, 0.717) is 13.2 Å². The summed E-state index contributed by atoms with van der Waals surface area (Å²) in [6, 6.07) is 7.89. The Labute approximate surface area is 190 Å². The van der Waals surface area contributed by atoms with Crippen LogP contribution in [0.4, 0.5) is 10.5 Å². The van der Waals surface area contributed by atoms with Crippen LogP contribution in [0.3, 0.4) is 0 Å². The quantitative estimate of drug-likeness (QED) is 0.309. The highest BCUT2D eigenvalue weighted by atomic mass is 16.6. The second kappa shape index (κ2) is 15.1. The first-order chi connectivity index (χ1) is 15.1. The molecule has 2 rings (SSSR count). The number of unbranched alkanes of at least 4 members (excludes halogenated alkanes) is 5. The van der Waals surface area contributed by atoms with Gasteiger partial charge in [-0.2, -0.15) is 0 Å². The van der Waals surface area contributed by atoms with E-state index in [9.17, 15) is 4.79 Å². The highest BCUT2D eigenvalue weighted by Gasteiger charge is 2.22. The zero-order valence-electron chi connectivity index (χ0n) is 20.1. The summed E-state index contributed by atoms with van der Waals surface area (Å²) < 4.78 is 11.8. The molecule has 0 spiro atoms. The van der Waals surface area contributed by atoms with Gasteiger partial charge in [-0.15, -0.1) is 0 Å². The molecule has 0 aliphatic carbocycles. The average Bonchev–Trinajstić information content (AvgIpc) is 2.77. The van der Waals surface area contributed by atoms with E-state index < -0.39 is 0 Å². The van der Waals surface area contributed by atoms with Gasteiger partial charge in [0.25, 0.3) is 0 Å². The minimum absolute atomic E-state index is 0.114. The molecule has 1 amide bonds. The van der Waals surface area contributed by atoms with Gasteiger partial charge in [0.05, 0.1) is 12.3 Å². The summed E-state index contributed by atoms with van der Waals surface area (Å²) in [6.45, 7) is 10.8. The first-order valence-corrected chi connectivity index (χ1v) is 12.6. The van der Waals surface area contributed by atoms with E-state index in [4.69, 9.17) is 9.47 Å². The van der Waals surface area contributed by atoms with Crippen molar-refractivity contribution in [2.45, 2.75) is 91.1 Å².